The van der Waals surface area contributed by atoms with Gasteiger partial charge in [0.15, 0.2) is 0 Å². The number of aryl methyl sites for hydroxylation is 1. The molecule has 146 valence electrons. The first kappa shape index (κ1) is 19.8. The van der Waals surface area contributed by atoms with Gasteiger partial charge in [0.2, 0.25) is 5.91 Å². The molecule has 6 nitrogen and oxygen atoms in total. The van der Waals surface area contributed by atoms with Crippen molar-refractivity contribution in [2.45, 2.75) is 25.8 Å². The number of aromatic nitrogens is 2. The lowest BCUT2D eigenvalue weighted by molar-refractivity contribution is -0.121. The fourth-order valence-corrected chi connectivity index (χ4v) is 3.47. The minimum atomic E-state index is -0.153. The van der Waals surface area contributed by atoms with Crippen molar-refractivity contribution in [1.29, 1.82) is 0 Å². The Kier molecular flexibility index (Phi) is 6.97. The molecule has 0 aliphatic carbocycles. The van der Waals surface area contributed by atoms with Crippen LogP contribution in [0.1, 0.15) is 18.4 Å². The number of hydrogen-bond acceptors (Lipinski definition) is 5. The lowest BCUT2D eigenvalue weighted by atomic mass is 10.1. The van der Waals surface area contributed by atoms with E-state index < -0.39 is 0 Å². The molecule has 0 radical (unpaired) electrons. The molecule has 0 fully saturated rings. The fourth-order valence-electron chi connectivity index (χ4n) is 2.78. The maximum absolute atomic E-state index is 12.0. The highest BCUT2D eigenvalue weighted by Gasteiger charge is 2.06. The lowest BCUT2D eigenvalue weighted by Gasteiger charge is -2.08. The molecule has 1 aromatic carbocycles. The van der Waals surface area contributed by atoms with Crippen LogP contribution in [0.4, 0.5) is 0 Å². The van der Waals surface area contributed by atoms with Crippen LogP contribution < -0.4 is 15.6 Å². The molecule has 0 saturated carbocycles. The lowest BCUT2D eigenvalue weighted by Crippen LogP contribution is -2.27. The van der Waals surface area contributed by atoms with E-state index in [4.69, 9.17) is 4.74 Å². The molecule has 0 unspecified atom stereocenters. The van der Waals surface area contributed by atoms with E-state index in [2.05, 4.69) is 10.4 Å². The van der Waals surface area contributed by atoms with Crippen LogP contribution in [0.5, 0.6) is 5.75 Å². The Morgan fingerprint density at radius 2 is 2.00 bits per heavy atom. The standard InChI is InChI=1S/C21H23N3O3S/c1-27-17-8-6-16(7-9-17)12-13-22-20(25)5-2-14-24-21(26)11-10-18(23-24)19-4-3-15-28-19/h3-4,6-11,15H,2,5,12-14H2,1H3,(H,22,25). The third-order valence-electron chi connectivity index (χ3n) is 4.31. The number of ether oxygens (including phenoxy) is 1. The van der Waals surface area contributed by atoms with Gasteiger partial charge in [-0.3, -0.25) is 9.59 Å². The molecule has 2 heterocycles. The van der Waals surface area contributed by atoms with Crippen LogP contribution in [0.3, 0.4) is 0 Å². The zero-order valence-electron chi connectivity index (χ0n) is 15.8. The third-order valence-corrected chi connectivity index (χ3v) is 5.20. The normalized spacial score (nSPS) is 10.6. The molecular formula is C21H23N3O3S. The predicted molar refractivity (Wildman–Crippen MR) is 111 cm³/mol. The first-order chi connectivity index (χ1) is 13.7. The largest absolute Gasteiger partial charge is 0.497 e. The number of nitrogens with one attached hydrogen (secondary N) is 1. The van der Waals surface area contributed by atoms with E-state index in [1.54, 1.807) is 24.5 Å². The molecule has 1 amide bonds. The maximum Gasteiger partial charge on any atom is 0.266 e. The van der Waals surface area contributed by atoms with Crippen molar-refractivity contribution in [2.75, 3.05) is 13.7 Å². The summed E-state index contributed by atoms with van der Waals surface area (Å²) in [6, 6.07) is 15.0. The van der Waals surface area contributed by atoms with Crippen LogP contribution in [0.2, 0.25) is 0 Å². The Morgan fingerprint density at radius 1 is 1.18 bits per heavy atom. The number of rotatable bonds is 9. The van der Waals surface area contributed by atoms with Crippen LogP contribution in [0.25, 0.3) is 10.6 Å². The second kappa shape index (κ2) is 9.85. The second-order valence-electron chi connectivity index (χ2n) is 6.31. The van der Waals surface area contributed by atoms with Gasteiger partial charge in [0, 0.05) is 25.6 Å². The molecule has 3 aromatic rings. The van der Waals surface area contributed by atoms with E-state index in [1.807, 2.05) is 41.8 Å². The van der Waals surface area contributed by atoms with Crippen LogP contribution in [-0.2, 0) is 17.8 Å². The molecule has 0 aliphatic rings. The first-order valence-corrected chi connectivity index (χ1v) is 10.1. The monoisotopic (exact) mass is 397 g/mol. The highest BCUT2D eigenvalue weighted by Crippen LogP contribution is 2.21. The molecule has 3 rings (SSSR count). The van der Waals surface area contributed by atoms with Crippen LogP contribution >= 0.6 is 11.3 Å². The molecule has 7 heteroatoms. The third kappa shape index (κ3) is 5.53. The van der Waals surface area contributed by atoms with Gasteiger partial charge in [-0.2, -0.15) is 5.10 Å². The topological polar surface area (TPSA) is 73.2 Å². The van der Waals surface area contributed by atoms with Gasteiger partial charge in [0.25, 0.3) is 5.56 Å². The summed E-state index contributed by atoms with van der Waals surface area (Å²) in [4.78, 5) is 25.0. The predicted octanol–water partition coefficient (Wildman–Crippen LogP) is 3.12. The molecule has 0 aliphatic heterocycles. The Balaban J connectivity index is 1.42. The van der Waals surface area contributed by atoms with Gasteiger partial charge < -0.3 is 10.1 Å². The Hall–Kier alpha value is -2.93. The zero-order chi connectivity index (χ0) is 19.8. The summed E-state index contributed by atoms with van der Waals surface area (Å²) in [5.41, 5.74) is 1.76. The van der Waals surface area contributed by atoms with Crippen LogP contribution in [0, 0.1) is 0 Å². The molecule has 0 atom stereocenters. The number of methoxy groups -OCH3 is 1. The van der Waals surface area contributed by atoms with Gasteiger partial charge in [0.1, 0.15) is 11.4 Å². The summed E-state index contributed by atoms with van der Waals surface area (Å²) in [5, 5.41) is 9.29. The highest BCUT2D eigenvalue weighted by molar-refractivity contribution is 7.13. The number of carbonyl (C=O) groups excluding carboxylic acids is 1. The van der Waals surface area contributed by atoms with E-state index in [-0.39, 0.29) is 11.5 Å². The zero-order valence-corrected chi connectivity index (χ0v) is 16.6. The van der Waals surface area contributed by atoms with Crippen molar-refractivity contribution in [1.82, 2.24) is 15.1 Å². The van der Waals surface area contributed by atoms with E-state index in [0.717, 1.165) is 28.3 Å². The van der Waals surface area contributed by atoms with E-state index in [0.29, 0.717) is 25.9 Å². The highest BCUT2D eigenvalue weighted by atomic mass is 32.1. The SMILES string of the molecule is COc1ccc(CCNC(=O)CCCn2nc(-c3cccs3)ccc2=O)cc1. The van der Waals surface area contributed by atoms with Gasteiger partial charge >= 0.3 is 0 Å². The van der Waals surface area contributed by atoms with Crippen LogP contribution in [-0.4, -0.2) is 29.3 Å². The summed E-state index contributed by atoms with van der Waals surface area (Å²) in [7, 11) is 1.64. The first-order valence-electron chi connectivity index (χ1n) is 9.17. The van der Waals surface area contributed by atoms with Crippen LogP contribution in [0.15, 0.2) is 58.7 Å². The van der Waals surface area contributed by atoms with E-state index in [1.165, 1.54) is 10.7 Å². The molecule has 0 spiro atoms. The van der Waals surface area contributed by atoms with Crippen molar-refractivity contribution in [3.05, 3.63) is 69.8 Å². The van der Waals surface area contributed by atoms with Crippen molar-refractivity contribution < 1.29 is 9.53 Å². The second-order valence-corrected chi connectivity index (χ2v) is 7.26. The van der Waals surface area contributed by atoms with Gasteiger partial charge in [0.05, 0.1) is 12.0 Å². The number of nitrogens with zero attached hydrogens (tertiary/aromatic N) is 2. The summed E-state index contributed by atoms with van der Waals surface area (Å²) in [6.45, 7) is 1.00. The number of amides is 1. The van der Waals surface area contributed by atoms with E-state index >= 15 is 0 Å². The Morgan fingerprint density at radius 3 is 2.71 bits per heavy atom. The molecule has 1 N–H and O–H groups in total. The number of carbonyl (C=O) groups is 1. The number of thiophene rings is 1. The summed E-state index contributed by atoms with van der Waals surface area (Å²) in [5.74, 6) is 0.802. The molecule has 2 aromatic heterocycles. The Bertz CT molecular complexity index is 950. The minimum Gasteiger partial charge on any atom is -0.497 e. The summed E-state index contributed by atoms with van der Waals surface area (Å²) >= 11 is 1.58. The molecule has 0 saturated heterocycles. The van der Waals surface area contributed by atoms with Crippen molar-refractivity contribution in [2.24, 2.45) is 0 Å². The van der Waals surface area contributed by atoms with Gasteiger partial charge in [-0.05, 0) is 48.1 Å². The minimum absolute atomic E-state index is 0.0176. The molecular weight excluding hydrogens is 374 g/mol. The number of benzene rings is 1. The van der Waals surface area contributed by atoms with Gasteiger partial charge in [-0.25, -0.2) is 4.68 Å². The fraction of sp³-hybridized carbons (Fsp3) is 0.286. The average molecular weight is 398 g/mol. The van der Waals surface area contributed by atoms with Crippen molar-refractivity contribution in [3.63, 3.8) is 0 Å². The van der Waals surface area contributed by atoms with Gasteiger partial charge in [-0.15, -0.1) is 11.3 Å². The van der Waals surface area contributed by atoms with E-state index in [9.17, 15) is 9.59 Å². The molecule has 0 bridgehead atoms. The average Bonchev–Trinajstić information content (AvgIpc) is 3.25. The smallest absolute Gasteiger partial charge is 0.266 e. The summed E-state index contributed by atoms with van der Waals surface area (Å²) < 4.78 is 6.56. The van der Waals surface area contributed by atoms with Gasteiger partial charge in [-0.1, -0.05) is 18.2 Å². The molecule has 28 heavy (non-hydrogen) atoms. The summed E-state index contributed by atoms with van der Waals surface area (Å²) in [6.07, 6.45) is 1.69. The van der Waals surface area contributed by atoms with Crippen molar-refractivity contribution in [3.8, 4) is 16.3 Å². The maximum atomic E-state index is 12.0. The van der Waals surface area contributed by atoms with Crippen molar-refractivity contribution >= 4 is 17.2 Å². The Labute approximate surface area is 167 Å². The number of hydrogen-bond donors (Lipinski definition) is 1. The quantitative estimate of drug-likeness (QED) is 0.602.